The Morgan fingerprint density at radius 1 is 1.07 bits per heavy atom. The fourth-order valence-electron chi connectivity index (χ4n) is 2.97. The van der Waals surface area contributed by atoms with Crippen LogP contribution in [0.2, 0.25) is 0 Å². The van der Waals surface area contributed by atoms with Crippen LogP contribution in [-0.4, -0.2) is 33.2 Å². The number of H-pyrrole nitrogens is 1. The SMILES string of the molecule is CN=C(NCc1cccc(-c2ncn[nH]2)c1)NCc1coc(-c2ccc(C)cc2)n1. The standard InChI is InChI=1S/C22H23N7O/c1-15-6-8-17(9-7-15)21-28-19(13-30-21)12-25-22(23-2)24-11-16-4-3-5-18(10-16)20-26-14-27-29-20/h3-10,13-14H,11-12H2,1-2H3,(H2,23,24,25)(H,26,27,29). The van der Waals surface area contributed by atoms with Crippen molar-refractivity contribution in [1.29, 1.82) is 0 Å². The van der Waals surface area contributed by atoms with Crippen LogP contribution >= 0.6 is 0 Å². The average molecular weight is 401 g/mol. The van der Waals surface area contributed by atoms with Gasteiger partial charge in [0.05, 0.1) is 12.2 Å². The van der Waals surface area contributed by atoms with Gasteiger partial charge in [-0.3, -0.25) is 10.1 Å². The highest BCUT2D eigenvalue weighted by atomic mass is 16.3. The number of nitrogens with one attached hydrogen (secondary N) is 3. The lowest BCUT2D eigenvalue weighted by molar-refractivity contribution is 0.572. The van der Waals surface area contributed by atoms with Crippen LogP contribution in [0.25, 0.3) is 22.8 Å². The van der Waals surface area contributed by atoms with E-state index in [1.807, 2.05) is 42.5 Å². The predicted molar refractivity (Wildman–Crippen MR) is 116 cm³/mol. The van der Waals surface area contributed by atoms with E-state index in [0.29, 0.717) is 24.9 Å². The number of aryl methyl sites for hydroxylation is 1. The number of hydrogen-bond donors (Lipinski definition) is 3. The third-order valence-electron chi connectivity index (χ3n) is 4.59. The summed E-state index contributed by atoms with van der Waals surface area (Å²) in [6.45, 7) is 3.18. The molecule has 0 saturated heterocycles. The molecule has 0 saturated carbocycles. The summed E-state index contributed by atoms with van der Waals surface area (Å²) in [4.78, 5) is 13.0. The van der Waals surface area contributed by atoms with Gasteiger partial charge in [-0.05, 0) is 30.7 Å². The Labute approximate surface area is 174 Å². The maximum absolute atomic E-state index is 5.61. The summed E-state index contributed by atoms with van der Waals surface area (Å²) in [5.74, 6) is 2.04. The topological polar surface area (TPSA) is 104 Å². The maximum atomic E-state index is 5.61. The van der Waals surface area contributed by atoms with E-state index in [9.17, 15) is 0 Å². The van der Waals surface area contributed by atoms with Crippen LogP contribution in [-0.2, 0) is 13.1 Å². The zero-order valence-corrected chi connectivity index (χ0v) is 16.9. The minimum atomic E-state index is 0.507. The van der Waals surface area contributed by atoms with Gasteiger partial charge in [0.25, 0.3) is 0 Å². The number of aromatic nitrogens is 4. The Bertz CT molecular complexity index is 1110. The smallest absolute Gasteiger partial charge is 0.226 e. The molecule has 3 N–H and O–H groups in total. The summed E-state index contributed by atoms with van der Waals surface area (Å²) in [6.07, 6.45) is 3.16. The van der Waals surface area contributed by atoms with Crippen LogP contribution in [0.15, 0.2) is 70.5 Å². The highest BCUT2D eigenvalue weighted by molar-refractivity contribution is 5.79. The summed E-state index contributed by atoms with van der Waals surface area (Å²) < 4.78 is 5.61. The molecule has 4 aromatic rings. The molecular weight excluding hydrogens is 378 g/mol. The number of rotatable bonds is 6. The number of hydrogen-bond acceptors (Lipinski definition) is 5. The summed E-state index contributed by atoms with van der Waals surface area (Å²) in [5.41, 5.74) is 5.06. The summed E-state index contributed by atoms with van der Waals surface area (Å²) in [5, 5.41) is 13.3. The van der Waals surface area contributed by atoms with E-state index in [1.165, 1.54) is 11.9 Å². The monoisotopic (exact) mass is 401 g/mol. The molecule has 2 heterocycles. The van der Waals surface area contributed by atoms with Crippen LogP contribution in [0.4, 0.5) is 0 Å². The Morgan fingerprint density at radius 3 is 2.67 bits per heavy atom. The molecule has 4 rings (SSSR count). The van der Waals surface area contributed by atoms with Crippen LogP contribution < -0.4 is 10.6 Å². The quantitative estimate of drug-likeness (QED) is 0.338. The van der Waals surface area contributed by atoms with E-state index in [0.717, 1.165) is 28.2 Å². The molecule has 8 heteroatoms. The molecule has 0 spiro atoms. The molecule has 0 atom stereocenters. The van der Waals surface area contributed by atoms with Crippen LogP contribution in [0.1, 0.15) is 16.8 Å². The molecule has 0 aliphatic rings. The van der Waals surface area contributed by atoms with Gasteiger partial charge in [0.2, 0.25) is 5.89 Å². The molecule has 0 unspecified atom stereocenters. The van der Waals surface area contributed by atoms with Crippen molar-refractivity contribution >= 4 is 5.96 Å². The van der Waals surface area contributed by atoms with Crippen molar-refractivity contribution in [2.45, 2.75) is 20.0 Å². The van der Waals surface area contributed by atoms with Crippen LogP contribution in [0.3, 0.4) is 0 Å². The molecule has 0 fully saturated rings. The van der Waals surface area contributed by atoms with Gasteiger partial charge in [0.15, 0.2) is 11.8 Å². The number of aromatic amines is 1. The maximum Gasteiger partial charge on any atom is 0.226 e. The fraction of sp³-hybridized carbons (Fsp3) is 0.182. The number of benzene rings is 2. The lowest BCUT2D eigenvalue weighted by atomic mass is 10.1. The van der Waals surface area contributed by atoms with Crippen LogP contribution in [0.5, 0.6) is 0 Å². The van der Waals surface area contributed by atoms with Crippen molar-refractivity contribution in [1.82, 2.24) is 30.8 Å². The van der Waals surface area contributed by atoms with Crippen molar-refractivity contribution in [2.24, 2.45) is 4.99 Å². The van der Waals surface area contributed by atoms with Crippen molar-refractivity contribution in [3.63, 3.8) is 0 Å². The van der Waals surface area contributed by atoms with E-state index in [2.05, 4.69) is 48.8 Å². The second kappa shape index (κ2) is 9.04. The molecule has 8 nitrogen and oxygen atoms in total. The normalized spacial score (nSPS) is 11.5. The second-order valence-corrected chi connectivity index (χ2v) is 6.82. The van der Waals surface area contributed by atoms with Gasteiger partial charge in [-0.15, -0.1) is 0 Å². The minimum Gasteiger partial charge on any atom is -0.444 e. The lowest BCUT2D eigenvalue weighted by Crippen LogP contribution is -2.36. The summed E-state index contributed by atoms with van der Waals surface area (Å²) in [6, 6.07) is 16.2. The lowest BCUT2D eigenvalue weighted by Gasteiger charge is -2.11. The van der Waals surface area contributed by atoms with E-state index in [4.69, 9.17) is 4.42 Å². The van der Waals surface area contributed by atoms with Crippen LogP contribution in [0, 0.1) is 6.92 Å². The Kier molecular flexibility index (Phi) is 5.84. The summed E-state index contributed by atoms with van der Waals surface area (Å²) in [7, 11) is 1.74. The molecule has 0 bridgehead atoms. The second-order valence-electron chi connectivity index (χ2n) is 6.82. The average Bonchev–Trinajstić information content (AvgIpc) is 3.47. The van der Waals surface area contributed by atoms with Crippen molar-refractivity contribution in [3.8, 4) is 22.8 Å². The minimum absolute atomic E-state index is 0.507. The van der Waals surface area contributed by atoms with Gasteiger partial charge in [-0.25, -0.2) is 9.97 Å². The van der Waals surface area contributed by atoms with E-state index < -0.39 is 0 Å². The van der Waals surface area contributed by atoms with Gasteiger partial charge in [0.1, 0.15) is 12.6 Å². The van der Waals surface area contributed by atoms with E-state index in [-0.39, 0.29) is 0 Å². The molecule has 0 amide bonds. The third kappa shape index (κ3) is 4.72. The largest absolute Gasteiger partial charge is 0.444 e. The molecule has 0 radical (unpaired) electrons. The molecule has 2 aromatic heterocycles. The Balaban J connectivity index is 1.33. The molecular formula is C22H23N7O. The first kappa shape index (κ1) is 19.4. The van der Waals surface area contributed by atoms with Gasteiger partial charge in [0, 0.05) is 24.7 Å². The molecule has 0 aliphatic carbocycles. The first-order valence-electron chi connectivity index (χ1n) is 9.62. The van der Waals surface area contributed by atoms with E-state index >= 15 is 0 Å². The third-order valence-corrected chi connectivity index (χ3v) is 4.59. The number of aliphatic imine (C=N–C) groups is 1. The zero-order valence-electron chi connectivity index (χ0n) is 16.9. The molecule has 2 aromatic carbocycles. The first-order chi connectivity index (χ1) is 14.7. The first-order valence-corrected chi connectivity index (χ1v) is 9.62. The highest BCUT2D eigenvalue weighted by Crippen LogP contribution is 2.19. The van der Waals surface area contributed by atoms with Crippen molar-refractivity contribution < 1.29 is 4.42 Å². The number of guanidine groups is 1. The van der Waals surface area contributed by atoms with Gasteiger partial charge < -0.3 is 15.1 Å². The highest BCUT2D eigenvalue weighted by Gasteiger charge is 2.08. The zero-order chi connectivity index (χ0) is 20.8. The van der Waals surface area contributed by atoms with Crippen molar-refractivity contribution in [2.75, 3.05) is 7.05 Å². The number of nitrogens with zero attached hydrogens (tertiary/aromatic N) is 4. The Hall–Kier alpha value is -3.94. The van der Waals surface area contributed by atoms with Gasteiger partial charge in [-0.2, -0.15) is 5.10 Å². The molecule has 0 aliphatic heterocycles. The summed E-state index contributed by atoms with van der Waals surface area (Å²) >= 11 is 0. The fourth-order valence-corrected chi connectivity index (χ4v) is 2.97. The van der Waals surface area contributed by atoms with E-state index in [1.54, 1.807) is 13.3 Å². The van der Waals surface area contributed by atoms with Crippen molar-refractivity contribution in [3.05, 3.63) is 77.9 Å². The molecule has 30 heavy (non-hydrogen) atoms. The number of oxazole rings is 1. The Morgan fingerprint density at radius 2 is 1.90 bits per heavy atom. The van der Waals surface area contributed by atoms with Gasteiger partial charge in [-0.1, -0.05) is 35.9 Å². The van der Waals surface area contributed by atoms with Gasteiger partial charge >= 0.3 is 0 Å². The molecule has 152 valence electrons. The predicted octanol–water partition coefficient (Wildman–Crippen LogP) is 3.30.